The van der Waals surface area contributed by atoms with Crippen LogP contribution in [0.5, 0.6) is 0 Å². The highest BCUT2D eigenvalue weighted by atomic mass is 35.5. The summed E-state index contributed by atoms with van der Waals surface area (Å²) < 4.78 is 6.02. The minimum Gasteiger partial charge on any atom is -0.354 e. The molecule has 0 saturated carbocycles. The van der Waals surface area contributed by atoms with Crippen LogP contribution in [-0.4, -0.2) is 46.4 Å². The van der Waals surface area contributed by atoms with Crippen LogP contribution in [0, 0.1) is 0 Å². The Morgan fingerprint density at radius 1 is 1.30 bits per heavy atom. The van der Waals surface area contributed by atoms with Crippen LogP contribution >= 0.6 is 11.6 Å². The summed E-state index contributed by atoms with van der Waals surface area (Å²) in [7, 11) is 0. The first-order chi connectivity index (χ1) is 9.81. The fourth-order valence-corrected chi connectivity index (χ4v) is 1.58. The van der Waals surface area contributed by atoms with E-state index in [9.17, 15) is 0 Å². The van der Waals surface area contributed by atoms with E-state index in [-0.39, 0.29) is 11.2 Å². The molecule has 11 heteroatoms. The molecule has 0 bridgehead atoms. The lowest BCUT2D eigenvalue weighted by Crippen LogP contribution is -2.12. The normalized spacial score (nSPS) is 10.7. The molecule has 0 aromatic carbocycles. The van der Waals surface area contributed by atoms with Gasteiger partial charge in [0, 0.05) is 13.0 Å². The van der Waals surface area contributed by atoms with E-state index in [1.807, 2.05) is 0 Å². The van der Waals surface area contributed by atoms with Gasteiger partial charge in [-0.15, -0.1) is 0 Å². The van der Waals surface area contributed by atoms with Crippen molar-refractivity contribution in [2.24, 2.45) is 0 Å². The molecule has 3 heterocycles. The zero-order valence-electron chi connectivity index (χ0n) is 10.0. The zero-order valence-corrected chi connectivity index (χ0v) is 10.8. The van der Waals surface area contributed by atoms with Gasteiger partial charge in [0.25, 0.3) is 5.95 Å². The van der Waals surface area contributed by atoms with Crippen molar-refractivity contribution in [3.63, 3.8) is 0 Å². The van der Waals surface area contributed by atoms with Gasteiger partial charge in [-0.1, -0.05) is 5.16 Å². The Hall–Kier alpha value is -2.62. The van der Waals surface area contributed by atoms with Gasteiger partial charge in [-0.25, -0.2) is 4.98 Å². The third kappa shape index (κ3) is 2.85. The third-order valence-electron chi connectivity index (χ3n) is 2.26. The maximum Gasteiger partial charge on any atom is 0.258 e. The molecule has 3 rings (SSSR count). The van der Waals surface area contributed by atoms with Gasteiger partial charge in [-0.3, -0.25) is 0 Å². The van der Waals surface area contributed by atoms with Crippen LogP contribution in [0.3, 0.4) is 0 Å². The average molecular weight is 294 g/mol. The molecule has 102 valence electrons. The van der Waals surface area contributed by atoms with Gasteiger partial charge in [-0.05, 0) is 11.6 Å². The monoisotopic (exact) mass is 293 g/mol. The second-order valence-electron chi connectivity index (χ2n) is 3.59. The Bertz CT molecular complexity index is 669. The first-order valence-electron chi connectivity index (χ1n) is 5.57. The van der Waals surface area contributed by atoms with Crippen molar-refractivity contribution in [2.75, 3.05) is 11.9 Å². The lowest BCUT2D eigenvalue weighted by molar-refractivity contribution is 0.410. The van der Waals surface area contributed by atoms with E-state index in [0.29, 0.717) is 24.7 Å². The number of rotatable bonds is 5. The number of hydrogen-bond donors (Lipinski definition) is 1. The summed E-state index contributed by atoms with van der Waals surface area (Å²) in [5, 5.41) is 10.7. The molecule has 0 atom stereocenters. The van der Waals surface area contributed by atoms with Crippen molar-refractivity contribution in [1.82, 2.24) is 39.9 Å². The number of halogens is 1. The van der Waals surface area contributed by atoms with Gasteiger partial charge >= 0.3 is 0 Å². The van der Waals surface area contributed by atoms with Gasteiger partial charge < -0.3 is 9.84 Å². The largest absolute Gasteiger partial charge is 0.354 e. The van der Waals surface area contributed by atoms with E-state index in [1.165, 1.54) is 23.7 Å². The molecule has 1 N–H and O–H groups in total. The molecule has 3 aromatic rings. The van der Waals surface area contributed by atoms with E-state index < -0.39 is 0 Å². The quantitative estimate of drug-likeness (QED) is 0.700. The summed E-state index contributed by atoms with van der Waals surface area (Å²) in [6.07, 6.45) is 4.69. The van der Waals surface area contributed by atoms with Gasteiger partial charge in [0.1, 0.15) is 12.7 Å². The summed E-state index contributed by atoms with van der Waals surface area (Å²) in [6.45, 7) is 0.524. The highest BCUT2D eigenvalue weighted by Crippen LogP contribution is 2.08. The van der Waals surface area contributed by atoms with Gasteiger partial charge in [0.2, 0.25) is 17.6 Å². The van der Waals surface area contributed by atoms with E-state index in [2.05, 4.69) is 45.0 Å². The number of hydrogen-bond acceptors (Lipinski definition) is 9. The molecular weight excluding hydrogens is 286 g/mol. The lowest BCUT2D eigenvalue weighted by Gasteiger charge is -2.05. The highest BCUT2D eigenvalue weighted by Gasteiger charge is 2.07. The average Bonchev–Trinajstić information content (AvgIpc) is 3.11. The van der Waals surface area contributed by atoms with Crippen molar-refractivity contribution in [1.29, 1.82) is 0 Å². The molecule has 0 radical (unpaired) electrons. The Morgan fingerprint density at radius 2 is 2.25 bits per heavy atom. The molecule has 0 spiro atoms. The SMILES string of the molecule is Clc1nc(NCCc2ncon2)nc(-n2cncn2)n1. The lowest BCUT2D eigenvalue weighted by atomic mass is 10.4. The van der Waals surface area contributed by atoms with Crippen LogP contribution in [0.25, 0.3) is 5.95 Å². The van der Waals surface area contributed by atoms with E-state index in [4.69, 9.17) is 11.6 Å². The minimum absolute atomic E-state index is 0.0626. The van der Waals surface area contributed by atoms with Crippen molar-refractivity contribution in [3.8, 4) is 5.95 Å². The maximum atomic E-state index is 5.84. The van der Waals surface area contributed by atoms with Crippen LogP contribution in [0.15, 0.2) is 23.6 Å². The van der Waals surface area contributed by atoms with Gasteiger partial charge in [0.15, 0.2) is 5.82 Å². The maximum absolute atomic E-state index is 5.84. The molecule has 0 aliphatic heterocycles. The molecule has 0 unspecified atom stereocenters. The second-order valence-corrected chi connectivity index (χ2v) is 3.93. The van der Waals surface area contributed by atoms with Gasteiger partial charge in [0.05, 0.1) is 0 Å². The van der Waals surface area contributed by atoms with Crippen LogP contribution < -0.4 is 5.32 Å². The molecule has 10 nitrogen and oxygen atoms in total. The Kier molecular flexibility index (Phi) is 3.46. The first-order valence-corrected chi connectivity index (χ1v) is 5.95. The standard InChI is InChI=1S/C9H8ClN9O/c10-7-15-8(12-2-1-6-13-5-20-18-6)17-9(16-7)19-4-11-3-14-19/h3-5H,1-2H2,(H,12,15,16,17). The highest BCUT2D eigenvalue weighted by molar-refractivity contribution is 6.28. The topological polar surface area (TPSA) is 120 Å². The number of aromatic nitrogens is 8. The molecule has 0 saturated heterocycles. The Labute approximate surface area is 117 Å². The third-order valence-corrected chi connectivity index (χ3v) is 2.43. The first kappa shape index (κ1) is 12.4. The van der Waals surface area contributed by atoms with Crippen molar-refractivity contribution < 1.29 is 4.52 Å². The second kappa shape index (κ2) is 5.57. The predicted octanol–water partition coefficient (Wildman–Crippen LogP) is 0.143. The number of anilines is 1. The fraction of sp³-hybridized carbons (Fsp3) is 0.222. The minimum atomic E-state index is 0.0626. The number of nitrogens with zero attached hydrogens (tertiary/aromatic N) is 8. The van der Waals surface area contributed by atoms with Crippen LogP contribution in [0.2, 0.25) is 5.28 Å². The van der Waals surface area contributed by atoms with Crippen molar-refractivity contribution >= 4 is 17.5 Å². The summed E-state index contributed by atoms with van der Waals surface area (Å²) >= 11 is 5.84. The van der Waals surface area contributed by atoms with Crippen molar-refractivity contribution in [2.45, 2.75) is 6.42 Å². The van der Waals surface area contributed by atoms with Crippen LogP contribution in [-0.2, 0) is 6.42 Å². The number of nitrogens with one attached hydrogen (secondary N) is 1. The molecular formula is C9H8ClN9O. The Morgan fingerprint density at radius 3 is 3.00 bits per heavy atom. The fourth-order valence-electron chi connectivity index (χ4n) is 1.42. The van der Waals surface area contributed by atoms with Crippen molar-refractivity contribution in [3.05, 3.63) is 30.2 Å². The summed E-state index contributed by atoms with van der Waals surface area (Å²) in [5.74, 6) is 1.21. The van der Waals surface area contributed by atoms with Crippen LogP contribution in [0.4, 0.5) is 5.95 Å². The summed E-state index contributed by atoms with van der Waals surface area (Å²) in [4.78, 5) is 19.8. The summed E-state index contributed by atoms with van der Waals surface area (Å²) in [5.41, 5.74) is 0. The van der Waals surface area contributed by atoms with E-state index in [1.54, 1.807) is 0 Å². The molecule has 0 aliphatic carbocycles. The van der Waals surface area contributed by atoms with Crippen LogP contribution in [0.1, 0.15) is 5.82 Å². The Balaban J connectivity index is 1.70. The van der Waals surface area contributed by atoms with E-state index in [0.717, 1.165) is 0 Å². The molecule has 3 aromatic heterocycles. The zero-order chi connectivity index (χ0) is 13.8. The molecule has 0 fully saturated rings. The van der Waals surface area contributed by atoms with Gasteiger partial charge in [-0.2, -0.15) is 29.7 Å². The molecule has 0 amide bonds. The predicted molar refractivity (Wildman–Crippen MR) is 66.2 cm³/mol. The molecule has 20 heavy (non-hydrogen) atoms. The van der Waals surface area contributed by atoms with E-state index >= 15 is 0 Å². The summed E-state index contributed by atoms with van der Waals surface area (Å²) in [6, 6.07) is 0. The molecule has 0 aliphatic rings. The smallest absolute Gasteiger partial charge is 0.258 e.